The Hall–Kier alpha value is -2.41. The van der Waals surface area contributed by atoms with Crippen molar-refractivity contribution < 1.29 is 27.8 Å². The van der Waals surface area contributed by atoms with E-state index in [1.807, 2.05) is 13.8 Å². The Balaban J connectivity index is 1.97. The number of amides is 1. The minimum Gasteiger partial charge on any atom is -0.456 e. The first-order chi connectivity index (χ1) is 11.4. The van der Waals surface area contributed by atoms with Crippen LogP contribution in [-0.4, -0.2) is 24.2 Å². The van der Waals surface area contributed by atoms with Gasteiger partial charge >= 0.3 is 6.61 Å². The van der Waals surface area contributed by atoms with Gasteiger partial charge in [-0.25, -0.2) is 0 Å². The van der Waals surface area contributed by atoms with Gasteiger partial charge in [-0.2, -0.15) is 8.78 Å². The maximum atomic E-state index is 12.2. The Morgan fingerprint density at radius 1 is 1.38 bits per heavy atom. The summed E-state index contributed by atoms with van der Waals surface area (Å²) in [6.07, 6.45) is -0.379. The molecular formula is C17H19F2NO4. The molecule has 0 bridgehead atoms. The lowest BCUT2D eigenvalue weighted by atomic mass is 10.1. The van der Waals surface area contributed by atoms with E-state index >= 15 is 0 Å². The normalized spacial score (nSPS) is 12.2. The summed E-state index contributed by atoms with van der Waals surface area (Å²) in [5.74, 6) is 0.405. The maximum absolute atomic E-state index is 12.2. The zero-order valence-electron chi connectivity index (χ0n) is 13.4. The van der Waals surface area contributed by atoms with Crippen LogP contribution in [0.3, 0.4) is 0 Å². The van der Waals surface area contributed by atoms with E-state index in [1.54, 1.807) is 12.1 Å². The van der Waals surface area contributed by atoms with Gasteiger partial charge in [-0.05, 0) is 36.2 Å². The van der Waals surface area contributed by atoms with Crippen molar-refractivity contribution in [3.8, 4) is 5.75 Å². The molecule has 0 spiro atoms. The van der Waals surface area contributed by atoms with Crippen molar-refractivity contribution >= 4 is 5.91 Å². The Bertz CT molecular complexity index is 700. The van der Waals surface area contributed by atoms with Gasteiger partial charge in [-0.15, -0.1) is 0 Å². The zero-order chi connectivity index (χ0) is 17.7. The van der Waals surface area contributed by atoms with E-state index < -0.39 is 18.6 Å². The fourth-order valence-corrected chi connectivity index (χ4v) is 2.28. The largest absolute Gasteiger partial charge is 0.456 e. The van der Waals surface area contributed by atoms with E-state index in [2.05, 4.69) is 10.1 Å². The Labute approximate surface area is 138 Å². The second-order valence-corrected chi connectivity index (χ2v) is 5.25. The zero-order valence-corrected chi connectivity index (χ0v) is 13.4. The predicted molar refractivity (Wildman–Crippen MR) is 83.2 cm³/mol. The van der Waals surface area contributed by atoms with Crippen LogP contribution in [0.4, 0.5) is 8.78 Å². The molecule has 1 aromatic heterocycles. The molecule has 2 aromatic rings. The van der Waals surface area contributed by atoms with Gasteiger partial charge in [-0.1, -0.05) is 19.1 Å². The number of aliphatic hydroxyl groups excluding tert-OH is 1. The van der Waals surface area contributed by atoms with Crippen LogP contribution in [0, 0.1) is 6.92 Å². The highest BCUT2D eigenvalue weighted by molar-refractivity contribution is 5.91. The SMILES string of the molecule is CCc1oc(C(=O)NCC(O)c2cccc(OC(F)F)c2)cc1C. The van der Waals surface area contributed by atoms with Gasteiger partial charge in [0.05, 0.1) is 6.10 Å². The Morgan fingerprint density at radius 3 is 2.75 bits per heavy atom. The van der Waals surface area contributed by atoms with Crippen molar-refractivity contribution in [3.63, 3.8) is 0 Å². The minimum atomic E-state index is -2.94. The first-order valence-corrected chi connectivity index (χ1v) is 7.51. The number of alkyl halides is 2. The molecule has 0 aliphatic rings. The number of hydrogen-bond donors (Lipinski definition) is 2. The van der Waals surface area contributed by atoms with Crippen molar-refractivity contribution in [3.05, 3.63) is 53.0 Å². The van der Waals surface area contributed by atoms with Crippen LogP contribution < -0.4 is 10.1 Å². The number of aliphatic hydroxyl groups is 1. The standard InChI is InChI=1S/C17H19F2NO4/c1-3-14-10(2)7-15(24-14)16(22)20-9-13(21)11-5-4-6-12(8-11)23-17(18)19/h4-8,13,17,21H,3,9H2,1-2H3,(H,20,22). The van der Waals surface area contributed by atoms with Gasteiger partial charge in [0.2, 0.25) is 0 Å². The van der Waals surface area contributed by atoms with Gasteiger partial charge in [0.25, 0.3) is 5.91 Å². The quantitative estimate of drug-likeness (QED) is 0.812. The number of hydrogen-bond acceptors (Lipinski definition) is 4. The lowest BCUT2D eigenvalue weighted by Gasteiger charge is -2.13. The Kier molecular flexibility index (Phi) is 5.92. The minimum absolute atomic E-state index is 0.0536. The van der Waals surface area contributed by atoms with Gasteiger partial charge in [0, 0.05) is 13.0 Å². The van der Waals surface area contributed by atoms with E-state index in [4.69, 9.17) is 4.42 Å². The number of furan rings is 1. The van der Waals surface area contributed by atoms with E-state index in [-0.39, 0.29) is 18.1 Å². The molecule has 0 aliphatic carbocycles. The number of carbonyl (C=O) groups is 1. The summed E-state index contributed by atoms with van der Waals surface area (Å²) >= 11 is 0. The van der Waals surface area contributed by atoms with Crippen LogP contribution in [-0.2, 0) is 6.42 Å². The van der Waals surface area contributed by atoms with Gasteiger partial charge < -0.3 is 19.6 Å². The summed E-state index contributed by atoms with van der Waals surface area (Å²) in [4.78, 5) is 12.0. The van der Waals surface area contributed by atoms with Crippen molar-refractivity contribution in [2.24, 2.45) is 0 Å². The summed E-state index contributed by atoms with van der Waals surface area (Å²) < 4.78 is 34.1. The molecule has 1 atom stereocenters. The molecule has 24 heavy (non-hydrogen) atoms. The highest BCUT2D eigenvalue weighted by Gasteiger charge is 2.16. The number of rotatable bonds is 7. The first-order valence-electron chi connectivity index (χ1n) is 7.51. The van der Waals surface area contributed by atoms with Crippen LogP contribution in [0.5, 0.6) is 5.75 Å². The molecular weight excluding hydrogens is 320 g/mol. The molecule has 1 unspecified atom stereocenters. The monoisotopic (exact) mass is 339 g/mol. The molecule has 0 aliphatic heterocycles. The third-order valence-corrected chi connectivity index (χ3v) is 3.49. The first kappa shape index (κ1) is 17.9. The highest BCUT2D eigenvalue weighted by atomic mass is 19.3. The lowest BCUT2D eigenvalue weighted by Crippen LogP contribution is -2.28. The second-order valence-electron chi connectivity index (χ2n) is 5.25. The van der Waals surface area contributed by atoms with Gasteiger partial charge in [-0.3, -0.25) is 4.79 Å². The van der Waals surface area contributed by atoms with Gasteiger partial charge in [0.1, 0.15) is 11.5 Å². The van der Waals surface area contributed by atoms with Crippen LogP contribution in [0.15, 0.2) is 34.7 Å². The molecule has 130 valence electrons. The van der Waals surface area contributed by atoms with Crippen LogP contribution in [0.1, 0.15) is 40.5 Å². The molecule has 2 rings (SSSR count). The third kappa shape index (κ3) is 4.55. The second kappa shape index (κ2) is 7.92. The van der Waals surface area contributed by atoms with E-state index in [0.29, 0.717) is 12.0 Å². The molecule has 2 N–H and O–H groups in total. The van der Waals surface area contributed by atoms with Crippen LogP contribution in [0.25, 0.3) is 0 Å². The van der Waals surface area contributed by atoms with E-state index in [0.717, 1.165) is 11.3 Å². The van der Waals surface area contributed by atoms with Crippen molar-refractivity contribution in [1.29, 1.82) is 0 Å². The highest BCUT2D eigenvalue weighted by Crippen LogP contribution is 2.21. The van der Waals surface area contributed by atoms with E-state index in [9.17, 15) is 18.7 Å². The average molecular weight is 339 g/mol. The summed E-state index contributed by atoms with van der Waals surface area (Å²) in [6, 6.07) is 7.34. The number of benzene rings is 1. The van der Waals surface area contributed by atoms with Crippen molar-refractivity contribution in [2.45, 2.75) is 33.0 Å². The van der Waals surface area contributed by atoms with Crippen molar-refractivity contribution in [1.82, 2.24) is 5.32 Å². The van der Waals surface area contributed by atoms with Crippen LogP contribution in [0.2, 0.25) is 0 Å². The number of carbonyl (C=O) groups excluding carboxylic acids is 1. The Morgan fingerprint density at radius 2 is 2.12 bits per heavy atom. The molecule has 1 heterocycles. The molecule has 7 heteroatoms. The van der Waals surface area contributed by atoms with E-state index in [1.165, 1.54) is 18.2 Å². The molecule has 0 saturated heterocycles. The molecule has 0 radical (unpaired) electrons. The number of ether oxygens (including phenoxy) is 1. The topological polar surface area (TPSA) is 71.7 Å². The third-order valence-electron chi connectivity index (χ3n) is 3.49. The maximum Gasteiger partial charge on any atom is 0.387 e. The molecule has 0 fully saturated rings. The fraction of sp³-hybridized carbons (Fsp3) is 0.353. The molecule has 5 nitrogen and oxygen atoms in total. The average Bonchev–Trinajstić information content (AvgIpc) is 2.93. The number of nitrogens with one attached hydrogen (secondary N) is 1. The fourth-order valence-electron chi connectivity index (χ4n) is 2.28. The molecule has 1 amide bonds. The summed E-state index contributed by atoms with van der Waals surface area (Å²) in [7, 11) is 0. The summed E-state index contributed by atoms with van der Waals surface area (Å²) in [5.41, 5.74) is 1.25. The smallest absolute Gasteiger partial charge is 0.387 e. The summed E-state index contributed by atoms with van der Waals surface area (Å²) in [6.45, 7) is 0.749. The number of aryl methyl sites for hydroxylation is 2. The van der Waals surface area contributed by atoms with Crippen molar-refractivity contribution in [2.75, 3.05) is 6.54 Å². The lowest BCUT2D eigenvalue weighted by molar-refractivity contribution is -0.0499. The van der Waals surface area contributed by atoms with Gasteiger partial charge in [0.15, 0.2) is 5.76 Å². The predicted octanol–water partition coefficient (Wildman–Crippen LogP) is 3.22. The summed E-state index contributed by atoms with van der Waals surface area (Å²) in [5, 5.41) is 12.6. The molecule has 1 aromatic carbocycles. The number of halogens is 2. The van der Waals surface area contributed by atoms with Crippen LogP contribution >= 0.6 is 0 Å². The molecule has 0 saturated carbocycles.